The van der Waals surface area contributed by atoms with E-state index in [4.69, 9.17) is 14.2 Å². The lowest BCUT2D eigenvalue weighted by atomic mass is 9.94. The molecular weight excluding hydrogens is 292 g/mol. The summed E-state index contributed by atoms with van der Waals surface area (Å²) in [6.07, 6.45) is 4.31. The summed E-state index contributed by atoms with van der Waals surface area (Å²) in [6, 6.07) is 15.7. The smallest absolute Gasteiger partial charge is 0.306 e. The van der Waals surface area contributed by atoms with Gasteiger partial charge in [0.15, 0.2) is 11.5 Å². The minimum Gasteiger partial charge on any atom is -0.469 e. The van der Waals surface area contributed by atoms with E-state index in [1.165, 1.54) is 7.11 Å². The molecule has 3 rings (SSSR count). The minimum absolute atomic E-state index is 0.0860. The van der Waals surface area contributed by atoms with Crippen molar-refractivity contribution in [1.82, 2.24) is 0 Å². The molecule has 0 aliphatic carbocycles. The highest BCUT2D eigenvalue weighted by molar-refractivity contribution is 5.71. The zero-order valence-corrected chi connectivity index (χ0v) is 12.9. The predicted octanol–water partition coefficient (Wildman–Crippen LogP) is 3.78. The van der Waals surface area contributed by atoms with Gasteiger partial charge in [-0.1, -0.05) is 48.6 Å². The number of esters is 1. The molecule has 0 saturated heterocycles. The van der Waals surface area contributed by atoms with E-state index in [2.05, 4.69) is 0 Å². The third-order valence-electron chi connectivity index (χ3n) is 3.76. The summed E-state index contributed by atoms with van der Waals surface area (Å²) in [4.78, 5) is 11.7. The molecule has 1 heterocycles. The first kappa shape index (κ1) is 15.2. The van der Waals surface area contributed by atoms with Crippen molar-refractivity contribution in [2.24, 2.45) is 0 Å². The Morgan fingerprint density at radius 2 is 1.96 bits per heavy atom. The number of carbonyl (C=O) groups excluding carboxylic acids is 1. The summed E-state index contributed by atoms with van der Waals surface area (Å²) < 4.78 is 15.6. The molecule has 0 fully saturated rings. The summed E-state index contributed by atoms with van der Waals surface area (Å²) >= 11 is 0. The van der Waals surface area contributed by atoms with Crippen molar-refractivity contribution in [3.05, 3.63) is 65.7 Å². The fraction of sp³-hybridized carbons (Fsp3) is 0.211. The van der Waals surface area contributed by atoms with Crippen LogP contribution in [0.25, 0.3) is 6.08 Å². The van der Waals surface area contributed by atoms with Crippen molar-refractivity contribution in [1.29, 1.82) is 0 Å². The van der Waals surface area contributed by atoms with E-state index in [0.29, 0.717) is 5.75 Å². The molecule has 118 valence electrons. The molecule has 0 N–H and O–H groups in total. The second-order valence-corrected chi connectivity index (χ2v) is 5.27. The van der Waals surface area contributed by atoms with Crippen LogP contribution < -0.4 is 9.47 Å². The third-order valence-corrected chi connectivity index (χ3v) is 3.76. The van der Waals surface area contributed by atoms with Crippen molar-refractivity contribution in [3.8, 4) is 11.5 Å². The second-order valence-electron chi connectivity index (χ2n) is 5.27. The lowest BCUT2D eigenvalue weighted by molar-refractivity contribution is -0.140. The van der Waals surface area contributed by atoms with Crippen molar-refractivity contribution in [2.45, 2.75) is 12.3 Å². The highest BCUT2D eigenvalue weighted by atomic mass is 16.7. The van der Waals surface area contributed by atoms with E-state index in [9.17, 15) is 4.79 Å². The van der Waals surface area contributed by atoms with Gasteiger partial charge < -0.3 is 14.2 Å². The van der Waals surface area contributed by atoms with E-state index in [1.54, 1.807) is 0 Å². The van der Waals surface area contributed by atoms with Gasteiger partial charge in [-0.3, -0.25) is 4.79 Å². The van der Waals surface area contributed by atoms with Crippen LogP contribution in [0.15, 0.2) is 54.6 Å². The number of benzene rings is 2. The Morgan fingerprint density at radius 3 is 2.74 bits per heavy atom. The maximum atomic E-state index is 11.7. The molecule has 0 aromatic heterocycles. The van der Waals surface area contributed by atoms with Crippen LogP contribution in [0.2, 0.25) is 0 Å². The summed E-state index contributed by atoms with van der Waals surface area (Å²) in [5.41, 5.74) is 2.08. The number of ether oxygens (including phenoxy) is 3. The van der Waals surface area contributed by atoms with Gasteiger partial charge in [-0.05, 0) is 23.3 Å². The van der Waals surface area contributed by atoms with Crippen LogP contribution in [0.1, 0.15) is 23.5 Å². The summed E-state index contributed by atoms with van der Waals surface area (Å²) in [7, 11) is 1.40. The Morgan fingerprint density at radius 1 is 1.17 bits per heavy atom. The van der Waals surface area contributed by atoms with Gasteiger partial charge in [-0.15, -0.1) is 0 Å². The molecule has 23 heavy (non-hydrogen) atoms. The van der Waals surface area contributed by atoms with Crippen LogP contribution in [0.4, 0.5) is 0 Å². The highest BCUT2D eigenvalue weighted by Crippen LogP contribution is 2.36. The topological polar surface area (TPSA) is 44.8 Å². The second kappa shape index (κ2) is 7.01. The van der Waals surface area contributed by atoms with Crippen LogP contribution in [-0.4, -0.2) is 19.9 Å². The zero-order valence-electron chi connectivity index (χ0n) is 12.9. The third kappa shape index (κ3) is 3.72. The van der Waals surface area contributed by atoms with Crippen LogP contribution in [0.5, 0.6) is 11.5 Å². The molecule has 4 heteroatoms. The van der Waals surface area contributed by atoms with Crippen molar-refractivity contribution < 1.29 is 19.0 Å². The molecular formula is C19H18O4. The van der Waals surface area contributed by atoms with Gasteiger partial charge in [-0.2, -0.15) is 0 Å². The summed E-state index contributed by atoms with van der Waals surface area (Å²) in [6.45, 7) is 0.236. The van der Waals surface area contributed by atoms with Crippen molar-refractivity contribution in [2.75, 3.05) is 13.9 Å². The van der Waals surface area contributed by atoms with Crippen molar-refractivity contribution in [3.63, 3.8) is 0 Å². The highest BCUT2D eigenvalue weighted by Gasteiger charge is 2.19. The summed E-state index contributed by atoms with van der Waals surface area (Å²) in [5.74, 6) is 1.12. The Balaban J connectivity index is 1.86. The maximum Gasteiger partial charge on any atom is 0.306 e. The standard InChI is InChI=1S/C19H18O4/c1-21-19(20)12-16(8-7-14-5-3-2-4-6-14)15-9-10-17-18(11-15)23-13-22-17/h2-11,16H,12-13H2,1H3/b8-7+. The number of carbonyl (C=O) groups is 1. The van der Waals surface area contributed by atoms with Gasteiger partial charge in [0, 0.05) is 5.92 Å². The first-order chi connectivity index (χ1) is 11.3. The zero-order chi connectivity index (χ0) is 16.1. The predicted molar refractivity (Wildman–Crippen MR) is 87.4 cm³/mol. The monoisotopic (exact) mass is 310 g/mol. The molecule has 2 aromatic rings. The number of methoxy groups -OCH3 is 1. The molecule has 0 radical (unpaired) electrons. The van der Waals surface area contributed by atoms with Crippen LogP contribution >= 0.6 is 0 Å². The molecule has 0 spiro atoms. The fourth-order valence-corrected chi connectivity index (χ4v) is 2.50. The first-order valence-electron chi connectivity index (χ1n) is 7.46. The van der Waals surface area contributed by atoms with E-state index in [1.807, 2.05) is 60.7 Å². The van der Waals surface area contributed by atoms with Gasteiger partial charge in [-0.25, -0.2) is 0 Å². The molecule has 1 aliphatic rings. The molecule has 2 aromatic carbocycles. The fourth-order valence-electron chi connectivity index (χ4n) is 2.50. The molecule has 1 unspecified atom stereocenters. The van der Waals surface area contributed by atoms with Crippen molar-refractivity contribution >= 4 is 12.0 Å². The molecule has 0 amide bonds. The largest absolute Gasteiger partial charge is 0.469 e. The first-order valence-corrected chi connectivity index (χ1v) is 7.46. The lowest BCUT2D eigenvalue weighted by Gasteiger charge is -2.13. The van der Waals surface area contributed by atoms with E-state index < -0.39 is 0 Å². The van der Waals surface area contributed by atoms with Gasteiger partial charge in [0.2, 0.25) is 6.79 Å². The SMILES string of the molecule is COC(=O)CC(/C=C/c1ccccc1)c1ccc2c(c1)OCO2. The minimum atomic E-state index is -0.245. The Kier molecular flexibility index (Phi) is 4.62. The quantitative estimate of drug-likeness (QED) is 0.789. The average Bonchev–Trinajstić information content (AvgIpc) is 3.06. The maximum absolute atomic E-state index is 11.7. The molecule has 0 bridgehead atoms. The lowest BCUT2D eigenvalue weighted by Crippen LogP contribution is -2.07. The number of fused-ring (bicyclic) bond motifs is 1. The van der Waals surface area contributed by atoms with Crippen LogP contribution in [0, 0.1) is 0 Å². The van der Waals surface area contributed by atoms with Crippen LogP contribution in [-0.2, 0) is 9.53 Å². The Hall–Kier alpha value is -2.75. The average molecular weight is 310 g/mol. The number of hydrogen-bond donors (Lipinski definition) is 0. The Bertz CT molecular complexity index is 707. The summed E-state index contributed by atoms with van der Waals surface area (Å²) in [5, 5.41) is 0. The molecule has 0 saturated carbocycles. The van der Waals surface area contributed by atoms with Gasteiger partial charge in [0.25, 0.3) is 0 Å². The molecule has 1 aliphatic heterocycles. The van der Waals surface area contributed by atoms with Gasteiger partial charge in [0.05, 0.1) is 13.5 Å². The normalized spacial score (nSPS) is 14.0. The van der Waals surface area contributed by atoms with Crippen LogP contribution in [0.3, 0.4) is 0 Å². The Labute approximate surface area is 135 Å². The number of hydrogen-bond acceptors (Lipinski definition) is 4. The van der Waals surface area contributed by atoms with E-state index in [-0.39, 0.29) is 25.1 Å². The van der Waals surface area contributed by atoms with Gasteiger partial charge in [0.1, 0.15) is 0 Å². The molecule has 4 nitrogen and oxygen atoms in total. The molecule has 1 atom stereocenters. The number of allylic oxidation sites excluding steroid dienone is 1. The van der Waals surface area contributed by atoms with Gasteiger partial charge >= 0.3 is 5.97 Å². The van der Waals surface area contributed by atoms with E-state index >= 15 is 0 Å². The van der Waals surface area contributed by atoms with E-state index in [0.717, 1.165) is 16.9 Å². The number of rotatable bonds is 5.